The van der Waals surface area contributed by atoms with Gasteiger partial charge >= 0.3 is 6.03 Å². The Morgan fingerprint density at radius 3 is 2.29 bits per heavy atom. The van der Waals surface area contributed by atoms with E-state index in [1.165, 1.54) is 24.5 Å². The van der Waals surface area contributed by atoms with Gasteiger partial charge in [-0.1, -0.05) is 73.1 Å². The lowest BCUT2D eigenvalue weighted by molar-refractivity contribution is -0.145. The number of ketones is 1. The molecule has 0 aromatic rings. The van der Waals surface area contributed by atoms with Gasteiger partial charge in [-0.2, -0.15) is 0 Å². The number of urea groups is 1. The topological polar surface area (TPSA) is 171 Å². The third-order valence-corrected chi connectivity index (χ3v) is 10.2. The zero-order valence-corrected chi connectivity index (χ0v) is 26.7. The Bertz CT molecular complexity index is 2780. The van der Waals surface area contributed by atoms with Crippen LogP contribution in [0.2, 0.25) is 0 Å². The maximum Gasteiger partial charge on any atom is 0.315 e. The van der Waals surface area contributed by atoms with Crippen molar-refractivity contribution in [2.75, 3.05) is 12.3 Å². The molecule has 4 rings (SSSR count). The van der Waals surface area contributed by atoms with E-state index in [0.29, 0.717) is 0 Å². The van der Waals surface area contributed by atoms with Gasteiger partial charge in [-0.05, 0) is 75.2 Å². The molecule has 0 radical (unpaired) electrons. The molecule has 4 fully saturated rings. The van der Waals surface area contributed by atoms with Crippen LogP contribution in [-0.2, 0) is 29.0 Å². The molecule has 0 spiro atoms. The van der Waals surface area contributed by atoms with Crippen molar-refractivity contribution in [1.82, 2.24) is 26.2 Å². The van der Waals surface area contributed by atoms with Crippen molar-refractivity contribution in [2.24, 2.45) is 22.7 Å². The zero-order valence-electron chi connectivity index (χ0n) is 63.9. The molecule has 5 atom stereocenters. The third-order valence-electron chi connectivity index (χ3n) is 8.44. The summed E-state index contributed by atoms with van der Waals surface area (Å²) in [5, 5.41) is 5.59. The van der Waals surface area contributed by atoms with Gasteiger partial charge in [0.2, 0.25) is 17.6 Å². The minimum absolute atomic E-state index is 0.0254. The number of piperidine rings is 1. The molecule has 1 heterocycles. The first-order chi connectivity index (χ1) is 37.6. The molecule has 1 saturated heterocycles. The lowest BCUT2D eigenvalue weighted by Gasteiger charge is -2.41. The third kappa shape index (κ3) is 8.79. The second-order valence-corrected chi connectivity index (χ2v) is 14.6. The Morgan fingerprint density at radius 1 is 1.02 bits per heavy atom. The fraction of sp³-hybridized carbons (Fsp3) is 0.861. The number of carbonyl (C=O) groups excluding carboxylic acids is 5. The molecule has 0 bridgehead atoms. The van der Waals surface area contributed by atoms with Crippen LogP contribution in [0.25, 0.3) is 0 Å². The number of hydrogen-bond donors (Lipinski definition) is 4. The highest BCUT2D eigenvalue weighted by molar-refractivity contribution is 7.92. The van der Waals surface area contributed by atoms with E-state index in [-0.39, 0.29) is 17.7 Å². The van der Waals surface area contributed by atoms with Gasteiger partial charge < -0.3 is 26.2 Å². The van der Waals surface area contributed by atoms with Gasteiger partial charge in [-0.25, -0.2) is 13.2 Å². The van der Waals surface area contributed by atoms with E-state index in [9.17, 15) is 18.0 Å². The van der Waals surface area contributed by atoms with Crippen LogP contribution >= 0.6 is 0 Å². The molecular formula is C36H61N5O7S. The number of carbonyl (C=O) groups is 5. The number of nitrogens with one attached hydrogen (secondary N) is 4. The number of amides is 5. The predicted molar refractivity (Wildman–Crippen MR) is 188 cm³/mol. The summed E-state index contributed by atoms with van der Waals surface area (Å²) >= 11 is 0. The van der Waals surface area contributed by atoms with E-state index < -0.39 is 208 Å². The monoisotopic (exact) mass is 746 g/mol. The molecule has 4 aliphatic rings. The molecule has 3 aliphatic carbocycles. The molecule has 12 nitrogen and oxygen atoms in total. The summed E-state index contributed by atoms with van der Waals surface area (Å²) in [6.45, 7) is -32.0. The Labute approximate surface area is 346 Å². The molecule has 5 amide bonds. The maximum atomic E-state index is 15.6. The lowest BCUT2D eigenvalue weighted by atomic mass is 9.83. The number of likely N-dealkylation sites (tertiary alicyclic amines) is 1. The van der Waals surface area contributed by atoms with Crippen LogP contribution < -0.4 is 21.3 Å². The molecule has 4 N–H and O–H groups in total. The van der Waals surface area contributed by atoms with Gasteiger partial charge in [0, 0.05) is 63.3 Å². The summed E-state index contributed by atoms with van der Waals surface area (Å²) in [5.74, 6) is -15.3. The summed E-state index contributed by atoms with van der Waals surface area (Å²) in [5.41, 5.74) is -11.5. The van der Waals surface area contributed by atoms with Crippen molar-refractivity contribution < 1.29 is 84.5 Å². The number of nitrogens with zero attached hydrogens (tertiary/aromatic N) is 1. The average molecular weight is 746 g/mol. The minimum atomic E-state index is -7.31. The van der Waals surface area contributed by atoms with E-state index in [1.807, 2.05) is 5.32 Å². The Kier molecular flexibility index (Phi) is 3.60. The summed E-state index contributed by atoms with van der Waals surface area (Å²) in [6.07, 6.45) is -38.3. The Balaban J connectivity index is 2.18. The van der Waals surface area contributed by atoms with Gasteiger partial charge in [0.1, 0.15) is 12.1 Å². The number of Topliss-reactive ketones (excluding diaryl/α,β-unsaturated/α-hetero) is 1. The van der Waals surface area contributed by atoms with Crippen LogP contribution in [0, 0.1) is 22.7 Å². The van der Waals surface area contributed by atoms with Gasteiger partial charge in [0.05, 0.1) is 23.4 Å². The van der Waals surface area contributed by atoms with E-state index in [1.54, 1.807) is 0 Å². The number of sulfone groups is 1. The molecular weight excluding hydrogens is 646 g/mol. The second-order valence-electron chi connectivity index (χ2n) is 12.5. The molecule has 0 aromatic heterocycles. The SMILES string of the molecule is [2H]C([2H])([2H])C([2H])([2H])C([2H])([2H])C([2H])([2H])[C@]([2H])(NC(=O)C1[C@@H]2[C@H](CN1C(=O)[C@@H](NC(=O)NC1(CS(=O)(=O)C(C([2H])([2H])[2H])(C([2H])([2H])[2H])C([2H])([2H])[2H])C([2H])([2H])C([2H])([2H])C([2H])([2H])C([2H])([2H])C1([2H])[2H])C(C([2H])([2H])[2H])(C([2H])([2H])[2H])C([2H])([2H])[2H])C2(C)C)C(=O)C(=O)NC1CC1. The fourth-order valence-electron chi connectivity index (χ4n) is 5.63. The normalized spacial score (nSPS) is 45.7. The molecule has 1 aliphatic heterocycles. The molecule has 13 heteroatoms. The molecule has 49 heavy (non-hydrogen) atoms. The van der Waals surface area contributed by atoms with Crippen molar-refractivity contribution in [3.8, 4) is 0 Å². The lowest BCUT2D eigenvalue weighted by Crippen LogP contribution is -2.64. The zero-order chi connectivity index (χ0) is 69.5. The smallest absolute Gasteiger partial charge is 0.315 e. The van der Waals surface area contributed by atoms with Crippen LogP contribution in [0.5, 0.6) is 0 Å². The van der Waals surface area contributed by atoms with E-state index >= 15 is 14.4 Å². The van der Waals surface area contributed by atoms with Crippen LogP contribution in [-0.4, -0.2) is 89.6 Å². The highest BCUT2D eigenvalue weighted by Crippen LogP contribution is 2.65. The first kappa shape index (κ1) is 12.5. The highest BCUT2D eigenvalue weighted by atomic mass is 32.2. The van der Waals surface area contributed by atoms with Crippen LogP contribution in [0.15, 0.2) is 0 Å². The molecule has 278 valence electrons. The largest absolute Gasteiger partial charge is 0.347 e. The first-order valence-corrected chi connectivity index (χ1v) is 16.1. The van der Waals surface area contributed by atoms with E-state index in [2.05, 4.69) is 0 Å². The summed E-state index contributed by atoms with van der Waals surface area (Å²) in [4.78, 5) is 73.2. The van der Waals surface area contributed by atoms with Gasteiger partial charge in [-0.15, -0.1) is 0 Å². The summed E-state index contributed by atoms with van der Waals surface area (Å²) in [7, 11) is -7.31. The van der Waals surface area contributed by atoms with Gasteiger partial charge in [0.25, 0.3) is 5.91 Å². The van der Waals surface area contributed by atoms with Crippen LogP contribution in [0.3, 0.4) is 0 Å². The summed E-state index contributed by atoms with van der Waals surface area (Å²) < 4.78 is 343. The molecule has 3 saturated carbocycles. The Hall–Kier alpha value is -2.70. The highest BCUT2D eigenvalue weighted by Gasteiger charge is 2.70. The quantitative estimate of drug-likeness (QED) is 0.209. The summed E-state index contributed by atoms with van der Waals surface area (Å²) in [6, 6.07) is -15.2. The predicted octanol–water partition coefficient (Wildman–Crippen LogP) is 3.62. The maximum absolute atomic E-state index is 15.6. The first-order valence-electron chi connectivity index (χ1n) is 33.4. The van der Waals surface area contributed by atoms with E-state index in [4.69, 9.17) is 52.1 Å². The van der Waals surface area contributed by atoms with Gasteiger partial charge in [0.15, 0.2) is 9.84 Å². The molecule has 1 unspecified atom stereocenters. The van der Waals surface area contributed by atoms with Crippen molar-refractivity contribution in [3.05, 3.63) is 0 Å². The Morgan fingerprint density at radius 2 is 1.69 bits per heavy atom. The standard InChI is InChI=1S/C36H61N5O7S/c1-10-11-15-24(27(42)30(44)37-22-16-17-22)38-29(43)26-25-23(35(25,8)9)20-41(26)31(45)28(33(2,3)4)39-32(46)40-36(18-13-12-14-19-36)21-49(47,48)34(5,6)7/h22-26,28H,10-21H2,1-9H3,(H,37,44)(H,38,43)(H2,39,40,46)/t23-,24-,25-,26?,28+/m0/s1/i1D3,2D3,3D3,4D3,5D3,6D3,7D3,10D2,11D2,12D2,13D2,14D2,15D2,18D2,19D2,24D. The van der Waals surface area contributed by atoms with Crippen molar-refractivity contribution in [2.45, 2.75) is 160 Å². The van der Waals surface area contributed by atoms with Crippen LogP contribution in [0.1, 0.15) is 178 Å². The van der Waals surface area contributed by atoms with Crippen LogP contribution in [0.4, 0.5) is 4.79 Å². The number of hydrogen-bond acceptors (Lipinski definition) is 7. The van der Waals surface area contributed by atoms with Crippen molar-refractivity contribution in [1.29, 1.82) is 0 Å². The van der Waals surface area contributed by atoms with E-state index in [0.717, 1.165) is 5.32 Å². The average Bonchev–Trinajstić information content (AvgIpc) is 1.24. The minimum Gasteiger partial charge on any atom is -0.347 e. The second kappa shape index (κ2) is 14.1. The number of rotatable bonds is 13. The van der Waals surface area contributed by atoms with Crippen molar-refractivity contribution in [3.63, 3.8) is 0 Å². The molecule has 0 aromatic carbocycles. The fourth-order valence-corrected chi connectivity index (χ4v) is 6.63. The van der Waals surface area contributed by atoms with Gasteiger partial charge in [-0.3, -0.25) is 19.2 Å². The number of fused-ring (bicyclic) bond motifs is 1. The van der Waals surface area contributed by atoms with Crippen molar-refractivity contribution >= 4 is 39.4 Å².